The average Bonchev–Trinajstić information content (AvgIpc) is 3.34. The molecule has 1 aliphatic carbocycles. The highest BCUT2D eigenvalue weighted by molar-refractivity contribution is 5.97. The molecule has 32 heavy (non-hydrogen) atoms. The van der Waals surface area contributed by atoms with Crippen molar-refractivity contribution in [3.05, 3.63) is 77.1 Å². The van der Waals surface area contributed by atoms with E-state index in [0.29, 0.717) is 23.2 Å². The number of hydrogen-bond donors (Lipinski definition) is 2. The second-order valence-electron chi connectivity index (χ2n) is 8.29. The van der Waals surface area contributed by atoms with E-state index >= 15 is 4.39 Å². The van der Waals surface area contributed by atoms with Crippen molar-refractivity contribution in [3.8, 4) is 22.4 Å². The smallest absolute Gasteiger partial charge is 0.411 e. The Hall–Kier alpha value is -3.60. The Morgan fingerprint density at radius 2 is 1.88 bits per heavy atom. The van der Waals surface area contributed by atoms with Crippen molar-refractivity contribution in [1.82, 2.24) is 4.98 Å². The SMILES string of the molecule is CCCCc1ccc(-c2ccc3c4c([nH]c3c2F)-c2ccc(NC(=O)OC)cc2C4)cc1. The summed E-state index contributed by atoms with van der Waals surface area (Å²) in [5.74, 6) is -0.219. The Morgan fingerprint density at radius 3 is 2.62 bits per heavy atom. The van der Waals surface area contributed by atoms with Crippen LogP contribution in [-0.2, 0) is 17.6 Å². The molecule has 0 spiro atoms. The molecular formula is C27H25FN2O2. The van der Waals surface area contributed by atoms with Crippen molar-refractivity contribution in [2.75, 3.05) is 12.4 Å². The Balaban J connectivity index is 1.49. The molecule has 0 fully saturated rings. The van der Waals surface area contributed by atoms with Crippen LogP contribution < -0.4 is 5.32 Å². The lowest BCUT2D eigenvalue weighted by Gasteiger charge is -2.08. The normalized spacial score (nSPS) is 12.0. The lowest BCUT2D eigenvalue weighted by atomic mass is 9.99. The lowest BCUT2D eigenvalue weighted by molar-refractivity contribution is 0.187. The summed E-state index contributed by atoms with van der Waals surface area (Å²) in [5, 5.41) is 3.60. The Morgan fingerprint density at radius 1 is 1.09 bits per heavy atom. The van der Waals surface area contributed by atoms with Gasteiger partial charge in [0.25, 0.3) is 0 Å². The third-order valence-corrected chi connectivity index (χ3v) is 6.28. The van der Waals surface area contributed by atoms with Gasteiger partial charge < -0.3 is 9.72 Å². The fourth-order valence-electron chi connectivity index (χ4n) is 4.57. The van der Waals surface area contributed by atoms with Crippen LogP contribution in [0.1, 0.15) is 36.5 Å². The van der Waals surface area contributed by atoms with E-state index in [2.05, 4.69) is 34.1 Å². The van der Waals surface area contributed by atoms with Crippen molar-refractivity contribution < 1.29 is 13.9 Å². The number of anilines is 1. The topological polar surface area (TPSA) is 54.1 Å². The van der Waals surface area contributed by atoms with Crippen LogP contribution in [0.25, 0.3) is 33.3 Å². The maximum Gasteiger partial charge on any atom is 0.411 e. The summed E-state index contributed by atoms with van der Waals surface area (Å²) in [4.78, 5) is 14.8. The van der Waals surface area contributed by atoms with E-state index in [4.69, 9.17) is 0 Å². The van der Waals surface area contributed by atoms with E-state index in [0.717, 1.165) is 52.6 Å². The lowest BCUT2D eigenvalue weighted by Crippen LogP contribution is -2.10. The molecule has 0 atom stereocenters. The van der Waals surface area contributed by atoms with Gasteiger partial charge in [0.05, 0.1) is 18.3 Å². The number of carbonyl (C=O) groups excluding carboxylic acids is 1. The van der Waals surface area contributed by atoms with Gasteiger partial charge in [0.15, 0.2) is 5.82 Å². The molecule has 5 rings (SSSR count). The number of halogens is 1. The zero-order valence-corrected chi connectivity index (χ0v) is 18.2. The van der Waals surface area contributed by atoms with E-state index in [1.54, 1.807) is 0 Å². The van der Waals surface area contributed by atoms with Crippen LogP contribution in [0.5, 0.6) is 0 Å². The highest BCUT2D eigenvalue weighted by Crippen LogP contribution is 2.43. The minimum atomic E-state index is -0.500. The molecule has 0 saturated heterocycles. The maximum atomic E-state index is 15.5. The molecule has 1 heterocycles. The Kier molecular flexibility index (Phi) is 5.17. The van der Waals surface area contributed by atoms with Crippen molar-refractivity contribution in [2.45, 2.75) is 32.6 Å². The number of fused-ring (bicyclic) bond motifs is 5. The molecule has 4 nitrogen and oxygen atoms in total. The summed E-state index contributed by atoms with van der Waals surface area (Å²) in [6, 6.07) is 17.8. The van der Waals surface area contributed by atoms with Gasteiger partial charge in [-0.2, -0.15) is 0 Å². The molecule has 0 saturated carbocycles. The van der Waals surface area contributed by atoms with Gasteiger partial charge in [0.1, 0.15) is 0 Å². The monoisotopic (exact) mass is 428 g/mol. The molecule has 2 N–H and O–H groups in total. The van der Waals surface area contributed by atoms with Gasteiger partial charge in [-0.3, -0.25) is 5.32 Å². The Labute approximate surface area is 186 Å². The van der Waals surface area contributed by atoms with Crippen molar-refractivity contribution >= 4 is 22.7 Å². The largest absolute Gasteiger partial charge is 0.453 e. The minimum absolute atomic E-state index is 0.219. The van der Waals surface area contributed by atoms with Crippen LogP contribution in [0.15, 0.2) is 54.6 Å². The molecule has 1 amide bonds. The van der Waals surface area contributed by atoms with Gasteiger partial charge in [0, 0.05) is 28.6 Å². The third kappa shape index (κ3) is 3.44. The number of rotatable bonds is 5. The molecule has 1 aromatic heterocycles. The summed E-state index contributed by atoms with van der Waals surface area (Å²) in [6.45, 7) is 2.18. The van der Waals surface area contributed by atoms with E-state index in [1.807, 2.05) is 42.5 Å². The molecule has 0 bridgehead atoms. The fraction of sp³-hybridized carbons (Fsp3) is 0.222. The summed E-state index contributed by atoms with van der Waals surface area (Å²) in [7, 11) is 1.34. The van der Waals surface area contributed by atoms with E-state index in [1.165, 1.54) is 12.7 Å². The number of hydrogen-bond acceptors (Lipinski definition) is 2. The number of benzene rings is 3. The quantitative estimate of drug-likeness (QED) is 0.315. The Bertz CT molecular complexity index is 1320. The van der Waals surface area contributed by atoms with E-state index < -0.39 is 6.09 Å². The number of unbranched alkanes of at least 4 members (excludes halogenated alkanes) is 1. The zero-order chi connectivity index (χ0) is 22.2. The fourth-order valence-corrected chi connectivity index (χ4v) is 4.57. The average molecular weight is 429 g/mol. The molecule has 1 aliphatic rings. The molecule has 5 heteroatoms. The van der Waals surface area contributed by atoms with Gasteiger partial charge in [-0.05, 0) is 47.2 Å². The summed E-state index contributed by atoms with van der Waals surface area (Å²) in [6.07, 6.45) is 3.57. The van der Waals surface area contributed by atoms with Crippen molar-refractivity contribution in [1.29, 1.82) is 0 Å². The highest BCUT2D eigenvalue weighted by atomic mass is 19.1. The van der Waals surface area contributed by atoms with Crippen LogP contribution in [0.3, 0.4) is 0 Å². The van der Waals surface area contributed by atoms with Crippen LogP contribution >= 0.6 is 0 Å². The van der Waals surface area contributed by atoms with Gasteiger partial charge >= 0.3 is 6.09 Å². The summed E-state index contributed by atoms with van der Waals surface area (Å²) >= 11 is 0. The number of aromatic nitrogens is 1. The first-order valence-electron chi connectivity index (χ1n) is 11.0. The predicted octanol–water partition coefficient (Wildman–Crippen LogP) is 7.07. The summed E-state index contributed by atoms with van der Waals surface area (Å²) in [5.41, 5.74) is 8.17. The first kappa shape index (κ1) is 20.3. The number of carbonyl (C=O) groups is 1. The van der Waals surface area contributed by atoms with Crippen molar-refractivity contribution in [3.63, 3.8) is 0 Å². The predicted molar refractivity (Wildman–Crippen MR) is 127 cm³/mol. The zero-order valence-electron chi connectivity index (χ0n) is 18.2. The molecule has 0 radical (unpaired) electrons. The number of ether oxygens (including phenoxy) is 1. The molecule has 0 unspecified atom stereocenters. The molecule has 4 aromatic rings. The van der Waals surface area contributed by atoms with Crippen molar-refractivity contribution in [2.24, 2.45) is 0 Å². The minimum Gasteiger partial charge on any atom is -0.453 e. The number of methoxy groups -OCH3 is 1. The highest BCUT2D eigenvalue weighted by Gasteiger charge is 2.25. The van der Waals surface area contributed by atoms with Gasteiger partial charge in [-0.15, -0.1) is 0 Å². The molecule has 3 aromatic carbocycles. The molecule has 0 aliphatic heterocycles. The standard InChI is InChI=1S/C27H25FN2O2/c1-3-4-5-16-6-8-17(9-7-16)20-12-13-22-23-15-18-14-19(29-27(31)32-2)10-11-21(18)25(23)30-26(22)24(20)28/h6-14,30H,3-5,15H2,1-2H3,(H,29,31). The summed E-state index contributed by atoms with van der Waals surface area (Å²) < 4.78 is 20.2. The van der Waals surface area contributed by atoms with Crippen LogP contribution in [0.2, 0.25) is 0 Å². The van der Waals surface area contributed by atoms with Gasteiger partial charge in [0.2, 0.25) is 0 Å². The van der Waals surface area contributed by atoms with Crippen LogP contribution in [0, 0.1) is 5.82 Å². The second-order valence-corrected chi connectivity index (χ2v) is 8.29. The third-order valence-electron chi connectivity index (χ3n) is 6.28. The number of H-pyrrole nitrogens is 1. The second kappa shape index (κ2) is 8.15. The number of nitrogens with one attached hydrogen (secondary N) is 2. The molecule has 162 valence electrons. The van der Waals surface area contributed by atoms with Gasteiger partial charge in [-0.1, -0.05) is 55.8 Å². The number of amides is 1. The van der Waals surface area contributed by atoms with Crippen LogP contribution in [-0.4, -0.2) is 18.2 Å². The van der Waals surface area contributed by atoms with Crippen LogP contribution in [0.4, 0.5) is 14.9 Å². The van der Waals surface area contributed by atoms with Gasteiger partial charge in [-0.25, -0.2) is 9.18 Å². The van der Waals surface area contributed by atoms with E-state index in [9.17, 15) is 4.79 Å². The first-order valence-corrected chi connectivity index (χ1v) is 11.0. The first-order chi connectivity index (χ1) is 15.6. The van der Waals surface area contributed by atoms with E-state index in [-0.39, 0.29) is 5.82 Å². The number of aromatic amines is 1. The number of aryl methyl sites for hydroxylation is 1. The maximum absolute atomic E-state index is 15.5. The molecular weight excluding hydrogens is 403 g/mol.